The molecule has 0 aliphatic carbocycles. The summed E-state index contributed by atoms with van der Waals surface area (Å²) in [6.45, 7) is 0.671. The largest absolute Gasteiger partial charge is 0.497 e. The quantitative estimate of drug-likeness (QED) is 0.570. The molecule has 176 valence electrons. The Labute approximate surface area is 199 Å². The van der Waals surface area contributed by atoms with Crippen molar-refractivity contribution in [1.82, 2.24) is 15.1 Å². The van der Waals surface area contributed by atoms with Crippen molar-refractivity contribution in [2.24, 2.45) is 0 Å². The zero-order chi connectivity index (χ0) is 23.7. The summed E-state index contributed by atoms with van der Waals surface area (Å²) in [5.41, 5.74) is 1.21. The molecule has 2 aromatic carbocycles. The number of amides is 2. The number of carbonyl (C=O) groups excluding carboxylic acids is 2. The number of methoxy groups -OCH3 is 2. The summed E-state index contributed by atoms with van der Waals surface area (Å²) in [7, 11) is 3.05. The minimum atomic E-state index is -0.609. The van der Waals surface area contributed by atoms with Gasteiger partial charge in [-0.1, -0.05) is 11.3 Å². The molecule has 2 aliphatic rings. The molecule has 34 heavy (non-hydrogen) atoms. The number of anilines is 1. The van der Waals surface area contributed by atoms with E-state index in [0.29, 0.717) is 51.7 Å². The van der Waals surface area contributed by atoms with Gasteiger partial charge in [0.05, 0.1) is 14.2 Å². The lowest BCUT2D eigenvalue weighted by Gasteiger charge is -2.24. The lowest BCUT2D eigenvalue weighted by molar-refractivity contribution is -0.119. The van der Waals surface area contributed by atoms with Gasteiger partial charge in [-0.05, 0) is 43.2 Å². The molecular formula is C23H22N4O6S. The third-order valence-corrected chi connectivity index (χ3v) is 6.58. The van der Waals surface area contributed by atoms with E-state index in [1.807, 2.05) is 18.2 Å². The summed E-state index contributed by atoms with van der Waals surface area (Å²) in [4.78, 5) is 27.8. The van der Waals surface area contributed by atoms with Crippen molar-refractivity contribution in [3.63, 3.8) is 0 Å². The van der Waals surface area contributed by atoms with Crippen LogP contribution in [-0.2, 0) is 4.79 Å². The van der Waals surface area contributed by atoms with Gasteiger partial charge < -0.3 is 23.8 Å². The Kier molecular flexibility index (Phi) is 5.93. The van der Waals surface area contributed by atoms with Crippen LogP contribution in [0.25, 0.3) is 10.6 Å². The van der Waals surface area contributed by atoms with Gasteiger partial charge in [-0.3, -0.25) is 14.9 Å². The van der Waals surface area contributed by atoms with Crippen molar-refractivity contribution >= 4 is 28.3 Å². The number of likely N-dealkylation sites (tertiary alicyclic amines) is 1. The summed E-state index contributed by atoms with van der Waals surface area (Å²) in [5.74, 6) is 1.79. The van der Waals surface area contributed by atoms with Gasteiger partial charge in [0, 0.05) is 23.7 Å². The van der Waals surface area contributed by atoms with E-state index >= 15 is 0 Å². The highest BCUT2D eigenvalue weighted by Crippen LogP contribution is 2.37. The van der Waals surface area contributed by atoms with Crippen LogP contribution in [-0.4, -0.2) is 60.5 Å². The van der Waals surface area contributed by atoms with Crippen molar-refractivity contribution in [2.75, 3.05) is 32.9 Å². The molecule has 10 nitrogen and oxygen atoms in total. The standard InChI is InChI=1S/C23H22N4O6S/c1-30-15-8-14(9-16(11-15)31-2)22(29)27-7-3-4-17(27)20(28)24-23-26-25-21(34-23)13-5-6-18-19(10-13)33-12-32-18/h5-6,8-11,17H,3-4,7,12H2,1-2H3,(H,24,26,28). The molecular weight excluding hydrogens is 460 g/mol. The van der Waals surface area contributed by atoms with Gasteiger partial charge in [-0.2, -0.15) is 0 Å². The van der Waals surface area contributed by atoms with E-state index in [2.05, 4.69) is 15.5 Å². The molecule has 3 aromatic rings. The third-order valence-electron chi connectivity index (χ3n) is 5.69. The number of nitrogens with one attached hydrogen (secondary N) is 1. The Hall–Kier alpha value is -3.86. The Balaban J connectivity index is 1.30. The molecule has 1 fully saturated rings. The molecule has 0 spiro atoms. The van der Waals surface area contributed by atoms with Crippen LogP contribution < -0.4 is 24.3 Å². The normalized spacial score (nSPS) is 16.4. The monoisotopic (exact) mass is 482 g/mol. The first-order valence-corrected chi connectivity index (χ1v) is 11.5. The molecule has 1 N–H and O–H groups in total. The molecule has 3 heterocycles. The highest BCUT2D eigenvalue weighted by Gasteiger charge is 2.35. The highest BCUT2D eigenvalue weighted by atomic mass is 32.1. The molecule has 0 radical (unpaired) electrons. The highest BCUT2D eigenvalue weighted by molar-refractivity contribution is 7.18. The average molecular weight is 483 g/mol. The van der Waals surface area contributed by atoms with Crippen LogP contribution in [0.3, 0.4) is 0 Å². The first-order valence-electron chi connectivity index (χ1n) is 10.6. The summed E-state index contributed by atoms with van der Waals surface area (Å²) < 4.78 is 21.3. The van der Waals surface area contributed by atoms with E-state index in [1.54, 1.807) is 23.1 Å². The van der Waals surface area contributed by atoms with E-state index in [4.69, 9.17) is 18.9 Å². The maximum atomic E-state index is 13.2. The fraction of sp³-hybridized carbons (Fsp3) is 0.304. The first kappa shape index (κ1) is 22.0. The number of benzene rings is 2. The predicted octanol–water partition coefficient (Wildman–Crippen LogP) is 3.19. The molecule has 5 rings (SSSR count). The summed E-state index contributed by atoms with van der Waals surface area (Å²) >= 11 is 1.25. The van der Waals surface area contributed by atoms with Crippen molar-refractivity contribution in [3.05, 3.63) is 42.0 Å². The number of carbonyl (C=O) groups is 2. The van der Waals surface area contributed by atoms with Crippen molar-refractivity contribution in [3.8, 4) is 33.6 Å². The van der Waals surface area contributed by atoms with Gasteiger partial charge >= 0.3 is 0 Å². The molecule has 2 aliphatic heterocycles. The number of fused-ring (bicyclic) bond motifs is 1. The van der Waals surface area contributed by atoms with Crippen LogP contribution in [0, 0.1) is 0 Å². The molecule has 0 saturated carbocycles. The zero-order valence-electron chi connectivity index (χ0n) is 18.6. The molecule has 1 atom stereocenters. The third kappa shape index (κ3) is 4.21. The maximum Gasteiger partial charge on any atom is 0.254 e. The second-order valence-electron chi connectivity index (χ2n) is 7.73. The van der Waals surface area contributed by atoms with Gasteiger partial charge in [0.15, 0.2) is 11.5 Å². The minimum absolute atomic E-state index is 0.190. The zero-order valence-corrected chi connectivity index (χ0v) is 19.4. The molecule has 1 aromatic heterocycles. The van der Waals surface area contributed by atoms with Crippen LogP contribution in [0.15, 0.2) is 36.4 Å². The molecule has 11 heteroatoms. The van der Waals surface area contributed by atoms with Crippen molar-refractivity contribution < 1.29 is 28.5 Å². The molecule has 0 bridgehead atoms. The fourth-order valence-electron chi connectivity index (χ4n) is 3.99. The van der Waals surface area contributed by atoms with E-state index in [0.717, 1.165) is 12.0 Å². The van der Waals surface area contributed by atoms with Gasteiger partial charge in [0.25, 0.3) is 5.91 Å². The van der Waals surface area contributed by atoms with Crippen LogP contribution in [0.1, 0.15) is 23.2 Å². The van der Waals surface area contributed by atoms with Gasteiger partial charge in [0.1, 0.15) is 22.5 Å². The number of aromatic nitrogens is 2. The van der Waals surface area contributed by atoms with Crippen LogP contribution >= 0.6 is 11.3 Å². The van der Waals surface area contributed by atoms with E-state index in [9.17, 15) is 9.59 Å². The average Bonchev–Trinajstić information content (AvgIpc) is 3.63. The van der Waals surface area contributed by atoms with E-state index in [-0.39, 0.29) is 18.6 Å². The Morgan fingerprint density at radius 3 is 2.59 bits per heavy atom. The van der Waals surface area contributed by atoms with Gasteiger partial charge in [0.2, 0.25) is 17.8 Å². The number of ether oxygens (including phenoxy) is 4. The predicted molar refractivity (Wildman–Crippen MR) is 124 cm³/mol. The maximum absolute atomic E-state index is 13.2. The Bertz CT molecular complexity index is 1220. The molecule has 1 saturated heterocycles. The number of nitrogens with zero attached hydrogens (tertiary/aromatic N) is 3. The van der Waals surface area contributed by atoms with E-state index in [1.165, 1.54) is 25.6 Å². The van der Waals surface area contributed by atoms with Crippen LogP contribution in [0.4, 0.5) is 5.13 Å². The first-order chi connectivity index (χ1) is 16.6. The summed E-state index contributed by atoms with van der Waals surface area (Å²) in [5, 5.41) is 12.1. The van der Waals surface area contributed by atoms with Gasteiger partial charge in [-0.25, -0.2) is 0 Å². The number of hydrogen-bond acceptors (Lipinski definition) is 9. The number of rotatable bonds is 6. The van der Waals surface area contributed by atoms with Crippen molar-refractivity contribution in [1.29, 1.82) is 0 Å². The lowest BCUT2D eigenvalue weighted by Crippen LogP contribution is -2.43. The number of hydrogen-bond donors (Lipinski definition) is 1. The second-order valence-corrected chi connectivity index (χ2v) is 8.71. The SMILES string of the molecule is COc1cc(OC)cc(C(=O)N2CCCC2C(=O)Nc2nnc(-c3ccc4c(c3)OCO4)s2)c1. The second kappa shape index (κ2) is 9.18. The fourth-order valence-corrected chi connectivity index (χ4v) is 4.73. The Morgan fingerprint density at radius 2 is 1.82 bits per heavy atom. The summed E-state index contributed by atoms with van der Waals surface area (Å²) in [6.07, 6.45) is 1.29. The summed E-state index contributed by atoms with van der Waals surface area (Å²) in [6, 6.07) is 9.86. The minimum Gasteiger partial charge on any atom is -0.497 e. The Morgan fingerprint density at radius 1 is 1.06 bits per heavy atom. The lowest BCUT2D eigenvalue weighted by atomic mass is 10.1. The topological polar surface area (TPSA) is 112 Å². The molecule has 1 unspecified atom stereocenters. The van der Waals surface area contributed by atoms with E-state index < -0.39 is 6.04 Å². The van der Waals surface area contributed by atoms with Crippen LogP contribution in [0.2, 0.25) is 0 Å². The molecule has 2 amide bonds. The van der Waals surface area contributed by atoms with Crippen molar-refractivity contribution in [2.45, 2.75) is 18.9 Å². The smallest absolute Gasteiger partial charge is 0.254 e. The van der Waals surface area contributed by atoms with Crippen LogP contribution in [0.5, 0.6) is 23.0 Å². The van der Waals surface area contributed by atoms with Gasteiger partial charge in [-0.15, -0.1) is 10.2 Å².